The van der Waals surface area contributed by atoms with E-state index in [2.05, 4.69) is 36.9 Å². The Kier molecular flexibility index (Phi) is 9.71. The second-order valence-electron chi connectivity index (χ2n) is 11.5. The third-order valence-corrected chi connectivity index (χ3v) is 8.07. The van der Waals surface area contributed by atoms with Crippen LogP contribution in [-0.4, -0.2) is 35.5 Å². The minimum absolute atomic E-state index is 0.411. The molecule has 0 spiro atoms. The Morgan fingerprint density at radius 2 is 0.980 bits per heavy atom. The highest BCUT2D eigenvalue weighted by Gasteiger charge is 2.22. The van der Waals surface area contributed by atoms with Crippen molar-refractivity contribution in [3.8, 4) is 67.7 Å². The summed E-state index contributed by atoms with van der Waals surface area (Å²) in [4.78, 5) is 8.99. The number of hydrogen-bond acceptors (Lipinski definition) is 9. The van der Waals surface area contributed by atoms with E-state index in [0.717, 1.165) is 50.2 Å². The minimum Gasteiger partial charge on any atom is -0.444 e. The van der Waals surface area contributed by atoms with Crippen molar-refractivity contribution in [2.75, 3.05) is 0 Å². The van der Waals surface area contributed by atoms with Crippen molar-refractivity contribution in [3.05, 3.63) is 164 Å². The molecule has 8 aromatic rings. The summed E-state index contributed by atoms with van der Waals surface area (Å²) in [6, 6.07) is 39.7. The molecule has 4 aromatic carbocycles. The van der Waals surface area contributed by atoms with Crippen molar-refractivity contribution in [2.24, 2.45) is 0 Å². The number of aliphatic hydroxyl groups is 1. The highest BCUT2D eigenvalue weighted by Crippen LogP contribution is 2.39. The van der Waals surface area contributed by atoms with Crippen LogP contribution in [0.25, 0.3) is 73.8 Å². The predicted molar refractivity (Wildman–Crippen MR) is 198 cm³/mol. The van der Waals surface area contributed by atoms with E-state index in [-0.39, 0.29) is 0 Å². The summed E-state index contributed by atoms with van der Waals surface area (Å²) >= 11 is 0. The molecule has 0 saturated carbocycles. The highest BCUT2D eigenvalue weighted by molar-refractivity contribution is 5.90. The zero-order valence-corrected chi connectivity index (χ0v) is 27.7. The van der Waals surface area contributed by atoms with Crippen molar-refractivity contribution in [1.29, 1.82) is 0 Å². The van der Waals surface area contributed by atoms with Gasteiger partial charge in [-0.25, -0.2) is 9.97 Å². The topological polar surface area (TPSA) is 124 Å². The van der Waals surface area contributed by atoms with Gasteiger partial charge >= 0.3 is 0 Å². The van der Waals surface area contributed by atoms with Crippen LogP contribution in [0.1, 0.15) is 24.4 Å². The summed E-state index contributed by atoms with van der Waals surface area (Å²) in [5.74, 6) is 0.913. The summed E-state index contributed by atoms with van der Waals surface area (Å²) < 4.78 is 11.4. The number of hydrogen-bond donors (Lipinski definition) is 1. The molecular formula is C42H32N6O3. The largest absolute Gasteiger partial charge is 0.444 e. The zero-order valence-electron chi connectivity index (χ0n) is 27.7. The number of oxazole rings is 2. The lowest BCUT2D eigenvalue weighted by atomic mass is 9.97. The standard InChI is InChI=1S/C21H17N3O2.C21H15N3O/c1-14(25)18-13-26-21(23-18)19-17(15-8-4-2-5-9-15)12-22-24-20(19)16-10-6-3-7-11-16;1-2-17-14-25-21(23-17)19-18(15-9-5-3-6-10-15)13-22-24-20(19)16-11-7-4-8-12-16/h2-14,25H,1H3;2-14H,1H2. The third kappa shape index (κ3) is 7.15. The molecule has 8 rings (SSSR count). The second-order valence-corrected chi connectivity index (χ2v) is 11.5. The number of aliphatic hydroxyl groups excluding tert-OH is 1. The number of benzene rings is 4. The number of aromatic nitrogens is 6. The van der Waals surface area contributed by atoms with E-state index < -0.39 is 6.10 Å². The molecule has 0 bridgehead atoms. The van der Waals surface area contributed by atoms with Gasteiger partial charge in [-0.1, -0.05) is 128 Å². The molecule has 0 aliphatic rings. The monoisotopic (exact) mass is 668 g/mol. The Morgan fingerprint density at radius 1 is 0.569 bits per heavy atom. The third-order valence-electron chi connectivity index (χ3n) is 8.07. The van der Waals surface area contributed by atoms with Gasteiger partial charge in [0, 0.05) is 22.3 Å². The van der Waals surface area contributed by atoms with E-state index >= 15 is 0 Å². The van der Waals surface area contributed by atoms with Crippen LogP contribution in [0.15, 0.2) is 162 Å². The molecule has 51 heavy (non-hydrogen) atoms. The van der Waals surface area contributed by atoms with Crippen molar-refractivity contribution in [3.63, 3.8) is 0 Å². The maximum absolute atomic E-state index is 9.81. The molecular weight excluding hydrogens is 637 g/mol. The first-order valence-electron chi connectivity index (χ1n) is 16.3. The van der Waals surface area contributed by atoms with Crippen LogP contribution in [0, 0.1) is 0 Å². The Bertz CT molecular complexity index is 2240. The van der Waals surface area contributed by atoms with Gasteiger partial charge in [-0.2, -0.15) is 10.2 Å². The average molecular weight is 669 g/mol. The molecule has 0 radical (unpaired) electrons. The van der Waals surface area contributed by atoms with E-state index in [1.165, 1.54) is 6.26 Å². The summed E-state index contributed by atoms with van der Waals surface area (Å²) in [6.07, 6.45) is 7.48. The van der Waals surface area contributed by atoms with Gasteiger partial charge in [0.2, 0.25) is 11.8 Å². The van der Waals surface area contributed by atoms with Crippen LogP contribution in [0.2, 0.25) is 0 Å². The van der Waals surface area contributed by atoms with E-state index in [4.69, 9.17) is 8.83 Å². The first-order chi connectivity index (χ1) is 25.1. The van der Waals surface area contributed by atoms with E-state index in [1.54, 1.807) is 31.7 Å². The lowest BCUT2D eigenvalue weighted by Crippen LogP contribution is -1.97. The van der Waals surface area contributed by atoms with Gasteiger partial charge in [0.15, 0.2) is 0 Å². The van der Waals surface area contributed by atoms with Gasteiger partial charge in [0.1, 0.15) is 35.3 Å². The normalized spacial score (nSPS) is 11.3. The summed E-state index contributed by atoms with van der Waals surface area (Å²) in [5.41, 5.74) is 9.86. The van der Waals surface area contributed by atoms with Crippen LogP contribution in [0.3, 0.4) is 0 Å². The SMILES string of the molecule is C=Cc1coc(-c2c(-c3ccccc3)cnnc2-c2ccccc2)n1.CC(O)c1coc(-c2c(-c3ccccc3)cnnc2-c2ccccc2)n1. The molecule has 4 heterocycles. The smallest absolute Gasteiger partial charge is 0.229 e. The van der Waals surface area contributed by atoms with Gasteiger partial charge in [-0.05, 0) is 24.1 Å². The molecule has 1 atom stereocenters. The fraction of sp³-hybridized carbons (Fsp3) is 0.0476. The zero-order chi connectivity index (χ0) is 35.0. The van der Waals surface area contributed by atoms with Crippen molar-refractivity contribution in [2.45, 2.75) is 13.0 Å². The molecule has 9 heteroatoms. The van der Waals surface area contributed by atoms with E-state index in [1.807, 2.05) is 121 Å². The highest BCUT2D eigenvalue weighted by atomic mass is 16.3. The molecule has 9 nitrogen and oxygen atoms in total. The minimum atomic E-state index is -0.706. The van der Waals surface area contributed by atoms with E-state index in [9.17, 15) is 5.11 Å². The number of nitrogens with zero attached hydrogens (tertiary/aromatic N) is 6. The van der Waals surface area contributed by atoms with Gasteiger partial charge in [-0.15, -0.1) is 10.2 Å². The first-order valence-corrected chi connectivity index (χ1v) is 16.3. The second kappa shape index (κ2) is 15.1. The molecule has 0 amide bonds. The molecule has 0 aliphatic carbocycles. The van der Waals surface area contributed by atoms with Crippen LogP contribution < -0.4 is 0 Å². The molecule has 1 N–H and O–H groups in total. The molecule has 1 unspecified atom stereocenters. The van der Waals surface area contributed by atoms with Crippen molar-refractivity contribution < 1.29 is 13.9 Å². The van der Waals surface area contributed by atoms with Gasteiger partial charge in [-0.3, -0.25) is 0 Å². The van der Waals surface area contributed by atoms with Crippen LogP contribution >= 0.6 is 0 Å². The maximum Gasteiger partial charge on any atom is 0.229 e. The van der Waals surface area contributed by atoms with Crippen LogP contribution in [-0.2, 0) is 0 Å². The maximum atomic E-state index is 9.81. The number of rotatable bonds is 8. The van der Waals surface area contributed by atoms with Crippen molar-refractivity contribution in [1.82, 2.24) is 30.4 Å². The van der Waals surface area contributed by atoms with Gasteiger partial charge in [0.05, 0.1) is 29.6 Å². The summed E-state index contributed by atoms with van der Waals surface area (Å²) in [5, 5.41) is 26.9. The fourth-order valence-corrected chi connectivity index (χ4v) is 5.56. The lowest BCUT2D eigenvalue weighted by Gasteiger charge is -2.11. The molecule has 4 aromatic heterocycles. The van der Waals surface area contributed by atoms with Gasteiger partial charge in [0.25, 0.3) is 0 Å². The Balaban J connectivity index is 0.000000159. The summed E-state index contributed by atoms with van der Waals surface area (Å²) in [7, 11) is 0. The Hall–Kier alpha value is -6.84. The first kappa shape index (κ1) is 32.7. The average Bonchev–Trinajstić information content (AvgIpc) is 3.90. The molecule has 0 saturated heterocycles. The Morgan fingerprint density at radius 3 is 1.37 bits per heavy atom. The predicted octanol–water partition coefficient (Wildman–Crippen LogP) is 9.63. The van der Waals surface area contributed by atoms with Crippen LogP contribution in [0.4, 0.5) is 0 Å². The van der Waals surface area contributed by atoms with E-state index in [0.29, 0.717) is 28.9 Å². The summed E-state index contributed by atoms with van der Waals surface area (Å²) in [6.45, 7) is 5.40. The molecule has 0 fully saturated rings. The molecule has 0 aliphatic heterocycles. The lowest BCUT2D eigenvalue weighted by molar-refractivity contribution is 0.194. The van der Waals surface area contributed by atoms with Gasteiger partial charge < -0.3 is 13.9 Å². The van der Waals surface area contributed by atoms with Crippen LogP contribution in [0.5, 0.6) is 0 Å². The fourth-order valence-electron chi connectivity index (χ4n) is 5.56. The Labute approximate surface area is 294 Å². The van der Waals surface area contributed by atoms with Crippen molar-refractivity contribution >= 4 is 6.08 Å². The quantitative estimate of drug-likeness (QED) is 0.168. The molecule has 248 valence electrons.